The van der Waals surface area contributed by atoms with Crippen molar-refractivity contribution in [3.63, 3.8) is 0 Å². The van der Waals surface area contributed by atoms with Gasteiger partial charge in [0.15, 0.2) is 0 Å². The molecule has 0 bridgehead atoms. The monoisotopic (exact) mass is 610 g/mol. The molecule has 3 nitrogen and oxygen atoms in total. The molecule has 0 atom stereocenters. The van der Waals surface area contributed by atoms with E-state index in [0.717, 1.165) is 0 Å². The van der Waals surface area contributed by atoms with Crippen LogP contribution in [0, 0.1) is 153 Å². The van der Waals surface area contributed by atoms with Gasteiger partial charge in [-0.05, 0) is 0 Å². The molecule has 7 heteroatoms. The summed E-state index contributed by atoms with van der Waals surface area (Å²) >= 11 is 0. The molecular weight excluding hydrogens is 614 g/mol. The first kappa shape index (κ1) is 58.3. The van der Waals surface area contributed by atoms with Gasteiger partial charge in [-0.2, -0.15) is 0 Å². The molecule has 0 saturated carbocycles. The minimum absolute atomic E-state index is 0. The van der Waals surface area contributed by atoms with Crippen molar-refractivity contribution in [3.8, 4) is 0 Å². The van der Waals surface area contributed by atoms with Crippen LogP contribution in [0.4, 0.5) is 0 Å². The van der Waals surface area contributed by atoms with Gasteiger partial charge in [0.1, 0.15) is 0 Å². The quantitative estimate of drug-likeness (QED) is 0.358. The predicted octanol–water partition coefficient (Wildman–Crippen LogP) is -0.356. The van der Waals surface area contributed by atoms with E-state index in [2.05, 4.69) is 0 Å². The third-order valence-corrected chi connectivity index (χ3v) is 0. The molecule has 0 fully saturated rings. The van der Waals surface area contributed by atoms with Crippen LogP contribution in [0.3, 0.4) is 0 Å². The first-order valence-corrected chi connectivity index (χ1v) is 0. The van der Waals surface area contributed by atoms with Crippen molar-refractivity contribution in [2.45, 2.75) is 0 Å². The summed E-state index contributed by atoms with van der Waals surface area (Å²) in [4.78, 5) is 0. The van der Waals surface area contributed by atoms with Crippen LogP contribution in [0.1, 0.15) is 0 Å². The molecule has 32 valence electrons. The Bertz CT molecular complexity index is 10.9. The van der Waals surface area contributed by atoms with Crippen LogP contribution in [-0.4, -0.2) is 0 Å². The van der Waals surface area contributed by atoms with Crippen molar-refractivity contribution >= 4 is 0 Å². The molecule has 0 aliphatic heterocycles. The summed E-state index contributed by atoms with van der Waals surface area (Å²) in [7, 11) is 0. The number of hydrogen-bond donors (Lipinski definition) is 0. The minimum atomic E-state index is 0. The Morgan fingerprint density at radius 2 is 0.429 bits per heavy atom. The van der Waals surface area contributed by atoms with Gasteiger partial charge >= 0.3 is 81.7 Å². The molecule has 0 N–H and O–H groups in total. The zero-order chi connectivity index (χ0) is 0. The summed E-state index contributed by atoms with van der Waals surface area (Å²) in [6.45, 7) is 0. The second-order valence-corrected chi connectivity index (χ2v) is 0. The summed E-state index contributed by atoms with van der Waals surface area (Å²) in [5, 5.41) is 0. The minimum Gasteiger partial charge on any atom is -2.00 e. The van der Waals surface area contributed by atoms with Gasteiger partial charge in [0.25, 0.3) is 0 Å². The van der Waals surface area contributed by atoms with Crippen LogP contribution >= 0.6 is 0 Å². The summed E-state index contributed by atoms with van der Waals surface area (Å²) in [5.41, 5.74) is 0. The first-order valence-electron chi connectivity index (χ1n) is 0. The van der Waals surface area contributed by atoms with Crippen molar-refractivity contribution in [3.05, 3.63) is 0 Å². The van der Waals surface area contributed by atoms with E-state index in [4.69, 9.17) is 0 Å². The van der Waals surface area contributed by atoms with Crippen molar-refractivity contribution in [1.82, 2.24) is 0 Å². The van der Waals surface area contributed by atoms with Crippen molar-refractivity contribution in [1.29, 1.82) is 0 Å². The summed E-state index contributed by atoms with van der Waals surface area (Å²) < 4.78 is 0. The van der Waals surface area contributed by atoms with E-state index < -0.39 is 0 Å². The molecule has 4 radical (unpaired) electrons. The maximum absolute atomic E-state index is 0. The molecule has 0 amide bonds. The van der Waals surface area contributed by atoms with E-state index in [9.17, 15) is 0 Å². The van der Waals surface area contributed by atoms with Gasteiger partial charge in [0.05, 0.1) is 0 Å². The molecule has 0 unspecified atom stereocenters. The van der Waals surface area contributed by atoms with Crippen molar-refractivity contribution in [2.24, 2.45) is 0 Å². The molecule has 0 spiro atoms. The molecule has 0 aliphatic rings. The molecule has 0 aromatic heterocycles. The molecule has 7 heavy (non-hydrogen) atoms. The Morgan fingerprint density at radius 3 is 0.429 bits per heavy atom. The molecule has 0 aromatic carbocycles. The smallest absolute Gasteiger partial charge is 2.00 e. The number of hydrogen-bond acceptors (Lipinski definition) is 0. The Kier molecular flexibility index (Phi) is 368. The average Bonchev–Trinajstić information content (AvgIpc) is 0. The second kappa shape index (κ2) is 44.1. The van der Waals surface area contributed by atoms with Gasteiger partial charge in [0.2, 0.25) is 0 Å². The normalized spacial score (nSPS) is 0. The largest absolute Gasteiger partial charge is 3.00 e. The fourth-order valence-electron chi connectivity index (χ4n) is 0. The van der Waals surface area contributed by atoms with Gasteiger partial charge in [-0.3, -0.25) is 0 Å². The van der Waals surface area contributed by atoms with E-state index >= 15 is 0 Å². The zero-order valence-electron chi connectivity index (χ0n) is 3.38. The summed E-state index contributed by atoms with van der Waals surface area (Å²) in [6, 6.07) is 0. The molecule has 0 aromatic rings. The van der Waals surface area contributed by atoms with Gasteiger partial charge in [0, 0.05) is 71.2 Å². The molecule has 0 aliphatic carbocycles. The van der Waals surface area contributed by atoms with Crippen molar-refractivity contribution < 1.29 is 169 Å². The van der Waals surface area contributed by atoms with Crippen LogP contribution in [-0.2, 0) is 16.4 Å². The van der Waals surface area contributed by atoms with Crippen LogP contribution < -0.4 is 0 Å². The van der Waals surface area contributed by atoms with E-state index in [1.54, 1.807) is 0 Å². The van der Waals surface area contributed by atoms with Crippen LogP contribution in [0.25, 0.3) is 0 Å². The SMILES string of the molecule is [La].[La].[Nd+3].[Nd+3].[O-2].[O-2].[O-2]. The van der Waals surface area contributed by atoms with E-state index in [0.29, 0.717) is 0 Å². The first-order chi connectivity index (χ1) is 0. The van der Waals surface area contributed by atoms with Crippen LogP contribution in [0.2, 0.25) is 0 Å². The standard InChI is InChI=1S/2La.2Nd.3O/q;;2*+3;3*-2. The van der Waals surface area contributed by atoms with E-state index in [1.807, 2.05) is 0 Å². The zero-order valence-corrected chi connectivity index (χ0v) is 17.0. The van der Waals surface area contributed by atoms with Crippen LogP contribution in [0.5, 0.6) is 0 Å². The molecule has 0 heterocycles. The second-order valence-electron chi connectivity index (χ2n) is 0. The van der Waals surface area contributed by atoms with Crippen molar-refractivity contribution in [2.75, 3.05) is 0 Å². The Balaban J connectivity index is 0. The van der Waals surface area contributed by atoms with Gasteiger partial charge in [-0.1, -0.05) is 0 Å². The maximum atomic E-state index is 0. The summed E-state index contributed by atoms with van der Waals surface area (Å²) in [6.07, 6.45) is 0. The Labute approximate surface area is 164 Å². The fraction of sp³-hybridized carbons (Fsp3) is 0. The van der Waals surface area contributed by atoms with Crippen LogP contribution in [0.15, 0.2) is 0 Å². The number of rotatable bonds is 0. The average molecular weight is 614 g/mol. The third-order valence-electron chi connectivity index (χ3n) is 0. The molecule has 0 rings (SSSR count). The Hall–Kier alpha value is 4.97. The fourth-order valence-corrected chi connectivity index (χ4v) is 0. The summed E-state index contributed by atoms with van der Waals surface area (Å²) in [5.74, 6) is 0. The third kappa shape index (κ3) is 35.7. The molecular formula is La2Nd2O3. The maximum Gasteiger partial charge on any atom is 3.00 e. The predicted molar refractivity (Wildman–Crippen MR) is 2.06 cm³/mol. The topological polar surface area (TPSA) is 85.5 Å². The Morgan fingerprint density at radius 1 is 0.429 bits per heavy atom. The van der Waals surface area contributed by atoms with Gasteiger partial charge in [-0.25, -0.2) is 0 Å². The van der Waals surface area contributed by atoms with E-state index in [-0.39, 0.29) is 169 Å². The van der Waals surface area contributed by atoms with E-state index in [1.165, 1.54) is 0 Å². The van der Waals surface area contributed by atoms with Gasteiger partial charge < -0.3 is 16.4 Å². The molecule has 0 saturated heterocycles. The van der Waals surface area contributed by atoms with Gasteiger partial charge in [-0.15, -0.1) is 0 Å².